The summed E-state index contributed by atoms with van der Waals surface area (Å²) in [5.74, 6) is -0.377. The molecule has 2 N–H and O–H groups in total. The first-order valence-electron chi connectivity index (χ1n) is 10.9. The predicted octanol–water partition coefficient (Wildman–Crippen LogP) is 5.50. The zero-order chi connectivity index (χ0) is 24.7. The molecule has 2 aromatic carbocycles. The quantitative estimate of drug-likeness (QED) is 0.381. The summed E-state index contributed by atoms with van der Waals surface area (Å²) in [5, 5.41) is 5.35. The largest absolute Gasteiger partial charge is 0.368 e. The van der Waals surface area contributed by atoms with Crippen molar-refractivity contribution in [2.45, 2.75) is 13.5 Å². The number of anilines is 3. The molecule has 0 saturated carbocycles. The second-order valence-corrected chi connectivity index (χ2v) is 8.71. The second-order valence-electron chi connectivity index (χ2n) is 7.90. The summed E-state index contributed by atoms with van der Waals surface area (Å²) < 4.78 is 16.8. The molecule has 0 unspecified atom stereocenters. The number of halogens is 3. The Morgan fingerprint density at radius 2 is 1.86 bits per heavy atom. The van der Waals surface area contributed by atoms with Crippen LogP contribution in [-0.2, 0) is 6.54 Å². The minimum atomic E-state index is -0.506. The SMILES string of the molecule is CCn1cc(-c2ccc(F)c(N3CCN(c4ccc(Cl)c(Cl)c4)C3=O)c2)c(-c2ccnc(N)n2)n1. The van der Waals surface area contributed by atoms with Crippen molar-refractivity contribution in [2.75, 3.05) is 28.6 Å². The molecule has 0 spiro atoms. The maximum absolute atomic E-state index is 15.0. The Hall–Kier alpha value is -3.69. The first-order chi connectivity index (χ1) is 16.9. The fourth-order valence-electron chi connectivity index (χ4n) is 4.03. The first-order valence-corrected chi connectivity index (χ1v) is 11.6. The number of benzene rings is 2. The highest BCUT2D eigenvalue weighted by atomic mass is 35.5. The Balaban J connectivity index is 1.52. The van der Waals surface area contributed by atoms with Gasteiger partial charge in [0, 0.05) is 43.3 Å². The molecular formula is C24H20Cl2FN7O. The summed E-state index contributed by atoms with van der Waals surface area (Å²) in [6.45, 7) is 3.28. The van der Waals surface area contributed by atoms with Gasteiger partial charge >= 0.3 is 6.03 Å². The van der Waals surface area contributed by atoms with Crippen LogP contribution in [-0.4, -0.2) is 38.9 Å². The van der Waals surface area contributed by atoms with Crippen molar-refractivity contribution in [3.63, 3.8) is 0 Å². The van der Waals surface area contributed by atoms with Gasteiger partial charge in [-0.1, -0.05) is 29.3 Å². The summed E-state index contributed by atoms with van der Waals surface area (Å²) in [5.41, 5.74) is 9.10. The molecule has 8 nitrogen and oxygen atoms in total. The van der Waals surface area contributed by atoms with E-state index in [1.807, 2.05) is 13.1 Å². The van der Waals surface area contributed by atoms with Gasteiger partial charge in [0.25, 0.3) is 0 Å². The number of carbonyl (C=O) groups is 1. The minimum Gasteiger partial charge on any atom is -0.368 e. The third-order valence-corrected chi connectivity index (χ3v) is 6.51. The average Bonchev–Trinajstić information content (AvgIpc) is 3.45. The van der Waals surface area contributed by atoms with Gasteiger partial charge < -0.3 is 5.73 Å². The van der Waals surface area contributed by atoms with Crippen molar-refractivity contribution in [2.24, 2.45) is 0 Å². The zero-order valence-corrected chi connectivity index (χ0v) is 20.1. The van der Waals surface area contributed by atoms with Crippen LogP contribution in [0.25, 0.3) is 22.5 Å². The Kier molecular flexibility index (Phi) is 6.04. The lowest BCUT2D eigenvalue weighted by Crippen LogP contribution is -2.32. The van der Waals surface area contributed by atoms with Gasteiger partial charge in [-0.05, 0) is 48.9 Å². The Morgan fingerprint density at radius 3 is 2.60 bits per heavy atom. The summed E-state index contributed by atoms with van der Waals surface area (Å²) in [4.78, 5) is 24.4. The lowest BCUT2D eigenvalue weighted by Gasteiger charge is -2.20. The van der Waals surface area contributed by atoms with E-state index >= 15 is 0 Å². The van der Waals surface area contributed by atoms with Gasteiger partial charge in [0.05, 0.1) is 21.4 Å². The lowest BCUT2D eigenvalue weighted by atomic mass is 10.0. The molecule has 0 radical (unpaired) electrons. The molecule has 178 valence electrons. The van der Waals surface area contributed by atoms with Crippen LogP contribution < -0.4 is 15.5 Å². The number of nitrogens with two attached hydrogens (primary N) is 1. The van der Waals surface area contributed by atoms with Crippen LogP contribution in [0.15, 0.2) is 54.9 Å². The van der Waals surface area contributed by atoms with Crippen LogP contribution in [0.4, 0.5) is 26.5 Å². The van der Waals surface area contributed by atoms with Gasteiger partial charge in [0.15, 0.2) is 0 Å². The highest BCUT2D eigenvalue weighted by molar-refractivity contribution is 6.42. The smallest absolute Gasteiger partial charge is 0.329 e. The second kappa shape index (κ2) is 9.16. The van der Waals surface area contributed by atoms with Crippen LogP contribution in [0.5, 0.6) is 0 Å². The van der Waals surface area contributed by atoms with E-state index in [0.717, 1.165) is 5.56 Å². The van der Waals surface area contributed by atoms with E-state index in [-0.39, 0.29) is 17.7 Å². The zero-order valence-electron chi connectivity index (χ0n) is 18.6. The third kappa shape index (κ3) is 4.28. The maximum Gasteiger partial charge on any atom is 0.329 e. The molecule has 0 aliphatic carbocycles. The molecule has 11 heteroatoms. The number of hydrogen-bond donors (Lipinski definition) is 1. The monoisotopic (exact) mass is 511 g/mol. The number of carbonyl (C=O) groups excluding carboxylic acids is 1. The summed E-state index contributed by atoms with van der Waals surface area (Å²) in [7, 11) is 0. The van der Waals surface area contributed by atoms with E-state index in [4.69, 9.17) is 28.9 Å². The van der Waals surface area contributed by atoms with Crippen molar-refractivity contribution < 1.29 is 9.18 Å². The highest BCUT2D eigenvalue weighted by Crippen LogP contribution is 2.36. The Bertz CT molecular complexity index is 1440. The fraction of sp³-hybridized carbons (Fsp3) is 0.167. The van der Waals surface area contributed by atoms with Gasteiger partial charge in [-0.25, -0.2) is 19.2 Å². The molecule has 35 heavy (non-hydrogen) atoms. The number of hydrogen-bond acceptors (Lipinski definition) is 5. The maximum atomic E-state index is 15.0. The number of nitrogen functional groups attached to an aromatic ring is 1. The summed E-state index contributed by atoms with van der Waals surface area (Å²) in [6.07, 6.45) is 3.42. The van der Waals surface area contributed by atoms with Crippen molar-refractivity contribution in [3.8, 4) is 22.5 Å². The number of rotatable bonds is 5. The number of amides is 2. The van der Waals surface area contributed by atoms with E-state index in [2.05, 4.69) is 15.1 Å². The van der Waals surface area contributed by atoms with Crippen molar-refractivity contribution >= 4 is 46.6 Å². The van der Waals surface area contributed by atoms with E-state index in [0.29, 0.717) is 52.3 Å². The number of aromatic nitrogens is 4. The lowest BCUT2D eigenvalue weighted by molar-refractivity contribution is 0.255. The van der Waals surface area contributed by atoms with Crippen LogP contribution in [0.1, 0.15) is 6.92 Å². The number of aryl methyl sites for hydroxylation is 1. The Labute approximate surface area is 210 Å². The molecule has 1 aliphatic rings. The normalized spacial score (nSPS) is 13.7. The van der Waals surface area contributed by atoms with Crippen LogP contribution in [0, 0.1) is 5.82 Å². The van der Waals surface area contributed by atoms with E-state index < -0.39 is 5.82 Å². The molecule has 5 rings (SSSR count). The van der Waals surface area contributed by atoms with Gasteiger partial charge in [-0.15, -0.1) is 0 Å². The van der Waals surface area contributed by atoms with Gasteiger partial charge in [0.1, 0.15) is 11.5 Å². The van der Waals surface area contributed by atoms with E-state index in [1.165, 1.54) is 11.0 Å². The van der Waals surface area contributed by atoms with Gasteiger partial charge in [-0.3, -0.25) is 14.5 Å². The van der Waals surface area contributed by atoms with E-state index in [1.54, 1.807) is 52.2 Å². The summed E-state index contributed by atoms with van der Waals surface area (Å²) in [6, 6.07) is 11.0. The van der Waals surface area contributed by atoms with E-state index in [9.17, 15) is 9.18 Å². The molecule has 2 aromatic heterocycles. The predicted molar refractivity (Wildman–Crippen MR) is 135 cm³/mol. The van der Waals surface area contributed by atoms with Crippen molar-refractivity contribution in [3.05, 3.63) is 70.7 Å². The van der Waals surface area contributed by atoms with Crippen molar-refractivity contribution in [1.82, 2.24) is 19.7 Å². The molecule has 1 saturated heterocycles. The topological polar surface area (TPSA) is 93.2 Å². The molecule has 2 amide bonds. The number of nitrogens with zero attached hydrogens (tertiary/aromatic N) is 6. The van der Waals surface area contributed by atoms with Crippen molar-refractivity contribution in [1.29, 1.82) is 0 Å². The summed E-state index contributed by atoms with van der Waals surface area (Å²) >= 11 is 12.1. The van der Waals surface area contributed by atoms with Crippen LogP contribution >= 0.6 is 23.2 Å². The number of urea groups is 1. The molecule has 0 bridgehead atoms. The van der Waals surface area contributed by atoms with Gasteiger partial charge in [0.2, 0.25) is 5.95 Å². The fourth-order valence-corrected chi connectivity index (χ4v) is 4.32. The molecule has 1 fully saturated rings. The Morgan fingerprint density at radius 1 is 1.06 bits per heavy atom. The molecular weight excluding hydrogens is 492 g/mol. The molecule has 1 aliphatic heterocycles. The van der Waals surface area contributed by atoms with Crippen LogP contribution in [0.3, 0.4) is 0 Å². The average molecular weight is 512 g/mol. The highest BCUT2D eigenvalue weighted by Gasteiger charge is 2.33. The third-order valence-electron chi connectivity index (χ3n) is 5.77. The van der Waals surface area contributed by atoms with Crippen LogP contribution in [0.2, 0.25) is 10.0 Å². The first kappa shape index (κ1) is 23.1. The van der Waals surface area contributed by atoms with Gasteiger partial charge in [-0.2, -0.15) is 5.10 Å². The minimum absolute atomic E-state index is 0.129. The molecule has 3 heterocycles. The standard InChI is InChI=1S/C24H20Cl2FN7O/c1-2-32-13-16(22(31-32)20-7-8-29-23(28)30-20)14-3-6-19(27)21(11-14)34-10-9-33(24(34)35)15-4-5-17(25)18(26)12-15/h3-8,11-13H,2,9-10H2,1H3,(H2,28,29,30). The molecule has 0 atom stereocenters. The molecule has 4 aromatic rings.